The third-order valence-electron chi connectivity index (χ3n) is 1.68. The van der Waals surface area contributed by atoms with E-state index < -0.39 is 6.17 Å². The first-order valence-corrected chi connectivity index (χ1v) is 3.34. The number of hydrogen-bond acceptors (Lipinski definition) is 1. The molecule has 1 aliphatic carbocycles. The number of rotatable bonds is 3. The SMILES string of the molecule is CC(=O)C(F)CC1CC1. The molecule has 1 saturated carbocycles. The fourth-order valence-corrected chi connectivity index (χ4v) is 0.812. The van der Waals surface area contributed by atoms with Crippen molar-refractivity contribution in [3.63, 3.8) is 0 Å². The van der Waals surface area contributed by atoms with Crippen LogP contribution >= 0.6 is 0 Å². The van der Waals surface area contributed by atoms with Gasteiger partial charge in [0.1, 0.15) is 0 Å². The van der Waals surface area contributed by atoms with E-state index in [0.717, 1.165) is 12.8 Å². The lowest BCUT2D eigenvalue weighted by Gasteiger charge is -1.99. The molecule has 0 aromatic rings. The van der Waals surface area contributed by atoms with Crippen LogP contribution in [-0.2, 0) is 4.79 Å². The molecule has 0 saturated heterocycles. The highest BCUT2D eigenvalue weighted by atomic mass is 19.1. The van der Waals surface area contributed by atoms with Crippen LogP contribution in [0.15, 0.2) is 0 Å². The molecule has 1 aliphatic rings. The Bertz CT molecular complexity index is 118. The smallest absolute Gasteiger partial charge is 0.163 e. The number of alkyl halides is 1. The van der Waals surface area contributed by atoms with Crippen LogP contribution in [0.4, 0.5) is 4.39 Å². The molecule has 0 spiro atoms. The van der Waals surface area contributed by atoms with E-state index in [2.05, 4.69) is 0 Å². The van der Waals surface area contributed by atoms with Crippen LogP contribution in [-0.4, -0.2) is 12.0 Å². The van der Waals surface area contributed by atoms with Crippen LogP contribution in [0.1, 0.15) is 26.2 Å². The Morgan fingerprint density at radius 3 is 2.67 bits per heavy atom. The van der Waals surface area contributed by atoms with E-state index >= 15 is 0 Å². The van der Waals surface area contributed by atoms with Gasteiger partial charge in [0.2, 0.25) is 0 Å². The highest BCUT2D eigenvalue weighted by Crippen LogP contribution is 2.34. The van der Waals surface area contributed by atoms with Gasteiger partial charge in [0.15, 0.2) is 12.0 Å². The summed E-state index contributed by atoms with van der Waals surface area (Å²) in [5.74, 6) is 0.200. The zero-order valence-corrected chi connectivity index (χ0v) is 5.56. The molecule has 1 atom stereocenters. The van der Waals surface area contributed by atoms with E-state index in [1.54, 1.807) is 0 Å². The Morgan fingerprint density at radius 2 is 2.33 bits per heavy atom. The molecule has 0 radical (unpaired) electrons. The molecule has 1 fully saturated rings. The minimum Gasteiger partial charge on any atom is -0.297 e. The zero-order valence-electron chi connectivity index (χ0n) is 5.56. The van der Waals surface area contributed by atoms with Crippen LogP contribution in [0, 0.1) is 5.92 Å². The predicted molar refractivity (Wildman–Crippen MR) is 32.9 cm³/mol. The third-order valence-corrected chi connectivity index (χ3v) is 1.68. The largest absolute Gasteiger partial charge is 0.297 e. The Balaban J connectivity index is 2.16. The number of carbonyl (C=O) groups is 1. The van der Waals surface area contributed by atoms with E-state index in [9.17, 15) is 9.18 Å². The summed E-state index contributed by atoms with van der Waals surface area (Å²) in [7, 11) is 0. The second-order valence-corrected chi connectivity index (χ2v) is 2.76. The Morgan fingerprint density at radius 1 is 1.78 bits per heavy atom. The fourth-order valence-electron chi connectivity index (χ4n) is 0.812. The first-order chi connectivity index (χ1) is 4.20. The summed E-state index contributed by atoms with van der Waals surface area (Å²) in [6.45, 7) is 1.31. The lowest BCUT2D eigenvalue weighted by atomic mass is 10.1. The average molecular weight is 130 g/mol. The second kappa shape index (κ2) is 2.46. The molecule has 0 amide bonds. The van der Waals surface area contributed by atoms with E-state index in [1.165, 1.54) is 6.92 Å². The maximum atomic E-state index is 12.5. The molecule has 9 heavy (non-hydrogen) atoms. The van der Waals surface area contributed by atoms with Gasteiger partial charge < -0.3 is 0 Å². The molecule has 0 aromatic carbocycles. The van der Waals surface area contributed by atoms with Gasteiger partial charge in [-0.2, -0.15) is 0 Å². The number of hydrogen-bond donors (Lipinski definition) is 0. The summed E-state index contributed by atoms with van der Waals surface area (Å²) in [6, 6.07) is 0. The Kier molecular flexibility index (Phi) is 1.84. The molecule has 1 nitrogen and oxygen atoms in total. The van der Waals surface area contributed by atoms with Crippen molar-refractivity contribution in [1.82, 2.24) is 0 Å². The molecule has 1 rings (SSSR count). The van der Waals surface area contributed by atoms with Gasteiger partial charge in [-0.3, -0.25) is 4.79 Å². The van der Waals surface area contributed by atoms with E-state index in [-0.39, 0.29) is 5.78 Å². The maximum Gasteiger partial charge on any atom is 0.163 e. The van der Waals surface area contributed by atoms with Crippen molar-refractivity contribution in [3.05, 3.63) is 0 Å². The van der Waals surface area contributed by atoms with Crippen molar-refractivity contribution < 1.29 is 9.18 Å². The quantitative estimate of drug-likeness (QED) is 0.568. The summed E-state index contributed by atoms with van der Waals surface area (Å²) >= 11 is 0. The van der Waals surface area contributed by atoms with Crippen molar-refractivity contribution >= 4 is 5.78 Å². The van der Waals surface area contributed by atoms with Gasteiger partial charge in [-0.15, -0.1) is 0 Å². The predicted octanol–water partition coefficient (Wildman–Crippen LogP) is 1.71. The van der Waals surface area contributed by atoms with Gasteiger partial charge in [0, 0.05) is 0 Å². The Labute approximate surface area is 54.3 Å². The van der Waals surface area contributed by atoms with E-state index in [1.807, 2.05) is 0 Å². The fraction of sp³-hybridized carbons (Fsp3) is 0.857. The van der Waals surface area contributed by atoms with Gasteiger partial charge >= 0.3 is 0 Å². The third kappa shape index (κ3) is 2.12. The van der Waals surface area contributed by atoms with Crippen LogP contribution in [0.3, 0.4) is 0 Å². The molecule has 2 heteroatoms. The summed E-state index contributed by atoms with van der Waals surface area (Å²) in [6.07, 6.45) is 1.52. The summed E-state index contributed by atoms with van der Waals surface area (Å²) in [4.78, 5) is 10.3. The monoisotopic (exact) mass is 130 g/mol. The first-order valence-electron chi connectivity index (χ1n) is 3.34. The lowest BCUT2D eigenvalue weighted by Crippen LogP contribution is -2.11. The Hall–Kier alpha value is -0.400. The van der Waals surface area contributed by atoms with Crippen LogP contribution in [0.25, 0.3) is 0 Å². The highest BCUT2D eigenvalue weighted by molar-refractivity contribution is 5.80. The first kappa shape index (κ1) is 6.72. The van der Waals surface area contributed by atoms with Crippen molar-refractivity contribution in [1.29, 1.82) is 0 Å². The lowest BCUT2D eigenvalue weighted by molar-refractivity contribution is -0.122. The zero-order chi connectivity index (χ0) is 6.85. The number of carbonyl (C=O) groups excluding carboxylic acids is 1. The van der Waals surface area contributed by atoms with Crippen molar-refractivity contribution in [2.24, 2.45) is 5.92 Å². The molecule has 0 N–H and O–H groups in total. The van der Waals surface area contributed by atoms with E-state index in [4.69, 9.17) is 0 Å². The molecular formula is C7H11FO. The van der Waals surface area contributed by atoms with Crippen LogP contribution in [0.5, 0.6) is 0 Å². The highest BCUT2D eigenvalue weighted by Gasteiger charge is 2.27. The summed E-state index contributed by atoms with van der Waals surface area (Å²) in [5.41, 5.74) is 0. The van der Waals surface area contributed by atoms with Crippen LogP contribution < -0.4 is 0 Å². The summed E-state index contributed by atoms with van der Waals surface area (Å²) in [5, 5.41) is 0. The maximum absolute atomic E-state index is 12.5. The molecule has 1 unspecified atom stereocenters. The number of ketones is 1. The minimum absolute atomic E-state index is 0.318. The van der Waals surface area contributed by atoms with Gasteiger partial charge in [-0.1, -0.05) is 12.8 Å². The minimum atomic E-state index is -1.18. The molecule has 0 aliphatic heterocycles. The summed E-state index contributed by atoms with van der Waals surface area (Å²) < 4.78 is 12.5. The van der Waals surface area contributed by atoms with Gasteiger partial charge in [0.25, 0.3) is 0 Å². The van der Waals surface area contributed by atoms with E-state index in [0.29, 0.717) is 12.3 Å². The molecule has 52 valence electrons. The van der Waals surface area contributed by atoms with Crippen LogP contribution in [0.2, 0.25) is 0 Å². The van der Waals surface area contributed by atoms with Crippen molar-refractivity contribution in [2.45, 2.75) is 32.4 Å². The van der Waals surface area contributed by atoms with Gasteiger partial charge in [0.05, 0.1) is 0 Å². The number of halogens is 1. The van der Waals surface area contributed by atoms with Crippen molar-refractivity contribution in [2.75, 3.05) is 0 Å². The normalized spacial score (nSPS) is 21.6. The van der Waals surface area contributed by atoms with Crippen molar-refractivity contribution in [3.8, 4) is 0 Å². The topological polar surface area (TPSA) is 17.1 Å². The average Bonchev–Trinajstić information content (AvgIpc) is 2.50. The molecular weight excluding hydrogens is 119 g/mol. The van der Waals surface area contributed by atoms with Gasteiger partial charge in [-0.25, -0.2) is 4.39 Å². The molecule has 0 aromatic heterocycles. The standard InChI is InChI=1S/C7H11FO/c1-5(9)7(8)4-6-2-3-6/h6-7H,2-4H2,1H3. The molecule has 0 heterocycles. The second-order valence-electron chi connectivity index (χ2n) is 2.76. The molecule has 0 bridgehead atoms. The van der Waals surface area contributed by atoms with Gasteiger partial charge in [-0.05, 0) is 19.3 Å². The number of Topliss-reactive ketones (excluding diaryl/α,β-unsaturated/α-hetero) is 1.